The van der Waals surface area contributed by atoms with Gasteiger partial charge in [0.1, 0.15) is 36.1 Å². The van der Waals surface area contributed by atoms with Crippen LogP contribution in [0.25, 0.3) is 11.4 Å². The third kappa shape index (κ3) is 1.48. The minimum absolute atomic E-state index is 0.521. The Morgan fingerprint density at radius 1 is 0.812 bits per heavy atom. The summed E-state index contributed by atoms with van der Waals surface area (Å²) in [6.07, 6.45) is 3.45. The fourth-order valence-corrected chi connectivity index (χ4v) is 1.67. The predicted molar refractivity (Wildman–Crippen MR) is 58.5 cm³/mol. The molecule has 0 spiro atoms. The van der Waals surface area contributed by atoms with Crippen molar-refractivity contribution in [2.75, 3.05) is 13.2 Å². The predicted octanol–water partition coefficient (Wildman–Crippen LogP) is 1.91. The van der Waals surface area contributed by atoms with Crippen molar-refractivity contribution in [1.29, 1.82) is 0 Å². The summed E-state index contributed by atoms with van der Waals surface area (Å²) in [6, 6.07) is 7.49. The summed E-state index contributed by atoms with van der Waals surface area (Å²) >= 11 is 0. The molecule has 80 valence electrons. The molecule has 0 saturated carbocycles. The van der Waals surface area contributed by atoms with Crippen molar-refractivity contribution in [3.8, 4) is 22.9 Å². The van der Waals surface area contributed by atoms with Crippen LogP contribution in [0.1, 0.15) is 0 Å². The number of nitrogens with zero attached hydrogens (tertiary/aromatic N) is 2. The average molecular weight is 214 g/mol. The zero-order valence-electron chi connectivity index (χ0n) is 8.59. The molecule has 0 bridgehead atoms. The van der Waals surface area contributed by atoms with E-state index in [1.165, 1.54) is 0 Å². The Hall–Kier alpha value is -2.10. The summed E-state index contributed by atoms with van der Waals surface area (Å²) < 4.78 is 11.1. The molecular formula is C12H10N2O2. The maximum atomic E-state index is 5.56. The molecular weight excluding hydrogens is 204 g/mol. The number of fused-ring (bicyclic) bond motifs is 3. The Bertz CT molecular complexity index is 466. The fourth-order valence-electron chi connectivity index (χ4n) is 1.67. The van der Waals surface area contributed by atoms with Gasteiger partial charge in [-0.1, -0.05) is 0 Å². The van der Waals surface area contributed by atoms with Gasteiger partial charge in [-0.2, -0.15) is 0 Å². The Morgan fingerprint density at radius 2 is 1.31 bits per heavy atom. The summed E-state index contributed by atoms with van der Waals surface area (Å²) in [5.41, 5.74) is 1.47. The Labute approximate surface area is 92.9 Å². The van der Waals surface area contributed by atoms with Crippen LogP contribution in [0.2, 0.25) is 0 Å². The van der Waals surface area contributed by atoms with E-state index in [0.717, 1.165) is 22.9 Å². The van der Waals surface area contributed by atoms with Crippen molar-refractivity contribution in [2.24, 2.45) is 0 Å². The van der Waals surface area contributed by atoms with Crippen LogP contribution in [0.4, 0.5) is 0 Å². The van der Waals surface area contributed by atoms with Gasteiger partial charge in [-0.25, -0.2) is 0 Å². The van der Waals surface area contributed by atoms with E-state index in [9.17, 15) is 0 Å². The minimum Gasteiger partial charge on any atom is -0.488 e. The molecule has 0 radical (unpaired) electrons. The third-order valence-electron chi connectivity index (χ3n) is 2.36. The minimum atomic E-state index is 0.521. The SMILES string of the molecule is c1cnc2c(c1)OCCOc1cccnc1-2. The van der Waals surface area contributed by atoms with Crippen molar-refractivity contribution in [1.82, 2.24) is 9.97 Å². The van der Waals surface area contributed by atoms with Gasteiger partial charge in [0.05, 0.1) is 0 Å². The molecule has 16 heavy (non-hydrogen) atoms. The molecule has 3 rings (SSSR count). The zero-order valence-corrected chi connectivity index (χ0v) is 8.59. The number of hydrogen-bond donors (Lipinski definition) is 0. The highest BCUT2D eigenvalue weighted by Gasteiger charge is 2.16. The van der Waals surface area contributed by atoms with E-state index < -0.39 is 0 Å². The molecule has 1 aliphatic rings. The first-order valence-electron chi connectivity index (χ1n) is 5.11. The van der Waals surface area contributed by atoms with Crippen LogP contribution in [0, 0.1) is 0 Å². The van der Waals surface area contributed by atoms with Gasteiger partial charge in [0.25, 0.3) is 0 Å². The summed E-state index contributed by atoms with van der Waals surface area (Å²) in [4.78, 5) is 8.59. The highest BCUT2D eigenvalue weighted by Crippen LogP contribution is 2.33. The second-order valence-electron chi connectivity index (χ2n) is 3.40. The van der Waals surface area contributed by atoms with Crippen molar-refractivity contribution >= 4 is 0 Å². The molecule has 4 nitrogen and oxygen atoms in total. The molecule has 0 aliphatic carbocycles. The highest BCUT2D eigenvalue weighted by molar-refractivity contribution is 5.68. The number of pyridine rings is 2. The highest BCUT2D eigenvalue weighted by atomic mass is 16.5. The summed E-state index contributed by atoms with van der Waals surface area (Å²) in [7, 11) is 0. The molecule has 1 aliphatic heterocycles. The lowest BCUT2D eigenvalue weighted by molar-refractivity contribution is 0.213. The maximum Gasteiger partial charge on any atom is 0.147 e. The summed E-state index contributed by atoms with van der Waals surface area (Å²) in [5, 5.41) is 0. The molecule has 0 N–H and O–H groups in total. The van der Waals surface area contributed by atoms with Gasteiger partial charge >= 0.3 is 0 Å². The second kappa shape index (κ2) is 3.81. The molecule has 0 atom stereocenters. The van der Waals surface area contributed by atoms with Gasteiger partial charge in [0.15, 0.2) is 0 Å². The smallest absolute Gasteiger partial charge is 0.147 e. The fraction of sp³-hybridized carbons (Fsp3) is 0.167. The van der Waals surface area contributed by atoms with Crippen molar-refractivity contribution in [3.63, 3.8) is 0 Å². The lowest BCUT2D eigenvalue weighted by atomic mass is 10.2. The number of hydrogen-bond acceptors (Lipinski definition) is 4. The molecule has 0 unspecified atom stereocenters. The van der Waals surface area contributed by atoms with Crippen LogP contribution in [-0.4, -0.2) is 23.2 Å². The first-order chi connectivity index (χ1) is 7.95. The monoisotopic (exact) mass is 214 g/mol. The van der Waals surface area contributed by atoms with Gasteiger partial charge in [-0.3, -0.25) is 9.97 Å². The van der Waals surface area contributed by atoms with E-state index in [0.29, 0.717) is 13.2 Å². The van der Waals surface area contributed by atoms with Crippen LogP contribution >= 0.6 is 0 Å². The maximum absolute atomic E-state index is 5.56. The van der Waals surface area contributed by atoms with E-state index >= 15 is 0 Å². The first kappa shape index (κ1) is 9.15. The Morgan fingerprint density at radius 3 is 1.81 bits per heavy atom. The number of rotatable bonds is 0. The van der Waals surface area contributed by atoms with Crippen molar-refractivity contribution in [3.05, 3.63) is 36.7 Å². The van der Waals surface area contributed by atoms with Crippen molar-refractivity contribution in [2.45, 2.75) is 0 Å². The van der Waals surface area contributed by atoms with Crippen LogP contribution in [0.5, 0.6) is 11.5 Å². The van der Waals surface area contributed by atoms with E-state index in [2.05, 4.69) is 9.97 Å². The van der Waals surface area contributed by atoms with Crippen molar-refractivity contribution < 1.29 is 9.47 Å². The number of aromatic nitrogens is 2. The molecule has 3 heterocycles. The molecule has 0 saturated heterocycles. The molecule has 2 aromatic heterocycles. The van der Waals surface area contributed by atoms with Gasteiger partial charge in [0, 0.05) is 12.4 Å². The van der Waals surface area contributed by atoms with Crippen LogP contribution in [0.3, 0.4) is 0 Å². The lowest BCUT2D eigenvalue weighted by Gasteiger charge is -2.16. The largest absolute Gasteiger partial charge is 0.488 e. The summed E-state index contributed by atoms with van der Waals surface area (Å²) in [6.45, 7) is 1.04. The number of ether oxygens (including phenoxy) is 2. The standard InChI is InChI=1S/C12H10N2O2/c1-3-9-11(13-5-1)12-10(4-2-6-14-12)16-8-7-15-9/h1-6H,7-8H2. The quantitative estimate of drug-likeness (QED) is 0.672. The third-order valence-corrected chi connectivity index (χ3v) is 2.36. The average Bonchev–Trinajstić information content (AvgIpc) is 2.33. The van der Waals surface area contributed by atoms with Gasteiger partial charge in [0.2, 0.25) is 0 Å². The molecule has 0 aromatic carbocycles. The molecule has 0 fully saturated rings. The van der Waals surface area contributed by atoms with Gasteiger partial charge in [-0.05, 0) is 24.3 Å². The van der Waals surface area contributed by atoms with E-state index in [4.69, 9.17) is 9.47 Å². The van der Waals surface area contributed by atoms with E-state index in [-0.39, 0.29) is 0 Å². The summed E-state index contributed by atoms with van der Waals surface area (Å²) in [5.74, 6) is 1.51. The van der Waals surface area contributed by atoms with Crippen LogP contribution < -0.4 is 9.47 Å². The topological polar surface area (TPSA) is 44.2 Å². The van der Waals surface area contributed by atoms with Gasteiger partial charge < -0.3 is 9.47 Å². The molecule has 2 aromatic rings. The Balaban J connectivity index is 2.22. The first-order valence-corrected chi connectivity index (χ1v) is 5.11. The van der Waals surface area contributed by atoms with Gasteiger partial charge in [-0.15, -0.1) is 0 Å². The second-order valence-corrected chi connectivity index (χ2v) is 3.40. The van der Waals surface area contributed by atoms with E-state index in [1.54, 1.807) is 12.4 Å². The molecule has 0 amide bonds. The normalized spacial score (nSPS) is 13.5. The van der Waals surface area contributed by atoms with Crippen LogP contribution in [-0.2, 0) is 0 Å². The van der Waals surface area contributed by atoms with Crippen LogP contribution in [0.15, 0.2) is 36.7 Å². The van der Waals surface area contributed by atoms with E-state index in [1.807, 2.05) is 24.3 Å². The Kier molecular flexibility index (Phi) is 2.18. The lowest BCUT2D eigenvalue weighted by Crippen LogP contribution is -2.13. The molecule has 4 heteroatoms. The zero-order chi connectivity index (χ0) is 10.8.